The molecule has 0 radical (unpaired) electrons. The number of aromatic nitrogens is 2. The van der Waals surface area contributed by atoms with Gasteiger partial charge < -0.3 is 5.32 Å². The first kappa shape index (κ1) is 10.2. The number of aryl methyl sites for hydroxylation is 1. The van der Waals surface area contributed by atoms with Crippen LogP contribution in [-0.4, -0.2) is 21.2 Å². The van der Waals surface area contributed by atoms with Crippen LogP contribution >= 0.6 is 0 Å². The maximum Gasteiger partial charge on any atom is 0.220 e. The minimum atomic E-state index is -0.0785. The summed E-state index contributed by atoms with van der Waals surface area (Å²) in [5.41, 5.74) is 2.32. The Bertz CT molecular complexity index is 397. The van der Waals surface area contributed by atoms with Crippen LogP contribution < -0.4 is 5.32 Å². The minimum absolute atomic E-state index is 0.0785. The zero-order valence-electron chi connectivity index (χ0n) is 9.50. The van der Waals surface area contributed by atoms with E-state index in [0.29, 0.717) is 6.42 Å². The van der Waals surface area contributed by atoms with E-state index in [1.54, 1.807) is 0 Å². The van der Waals surface area contributed by atoms with Gasteiger partial charge in [0.2, 0.25) is 5.91 Å². The van der Waals surface area contributed by atoms with E-state index in [4.69, 9.17) is 0 Å². The maximum atomic E-state index is 11.2. The summed E-state index contributed by atoms with van der Waals surface area (Å²) >= 11 is 0. The molecule has 2 heterocycles. The quantitative estimate of drug-likeness (QED) is 0.784. The molecule has 4 heteroatoms. The Morgan fingerprint density at radius 2 is 2.40 bits per heavy atom. The second-order valence-electron chi connectivity index (χ2n) is 4.66. The fourth-order valence-corrected chi connectivity index (χ4v) is 2.12. The number of hydrogen-bond acceptors (Lipinski definition) is 2. The van der Waals surface area contributed by atoms with Gasteiger partial charge in [0.25, 0.3) is 0 Å². The number of amides is 1. The molecule has 1 amide bonds. The molecule has 0 aromatic carbocycles. The highest BCUT2D eigenvalue weighted by Gasteiger charge is 2.33. The molecule has 0 spiro atoms. The molecule has 1 fully saturated rings. The average Bonchev–Trinajstić information content (AvgIpc) is 2.64. The lowest BCUT2D eigenvalue weighted by atomic mass is 9.92. The fraction of sp³-hybridized carbons (Fsp3) is 0.636. The van der Waals surface area contributed by atoms with E-state index in [2.05, 4.69) is 24.3 Å². The van der Waals surface area contributed by atoms with E-state index in [1.807, 2.05) is 17.9 Å². The molecule has 1 aromatic heterocycles. The number of carbonyl (C=O) groups excluding carboxylic acids is 1. The van der Waals surface area contributed by atoms with Crippen LogP contribution in [0.5, 0.6) is 0 Å². The molecule has 1 atom stereocenters. The lowest BCUT2D eigenvalue weighted by molar-refractivity contribution is -0.119. The molecular weight excluding hydrogens is 190 g/mol. The van der Waals surface area contributed by atoms with Crippen molar-refractivity contribution in [2.45, 2.75) is 38.6 Å². The van der Waals surface area contributed by atoms with Crippen molar-refractivity contribution in [3.63, 3.8) is 0 Å². The molecule has 82 valence electrons. The van der Waals surface area contributed by atoms with Crippen LogP contribution in [0.2, 0.25) is 0 Å². The first-order valence-corrected chi connectivity index (χ1v) is 5.29. The topological polar surface area (TPSA) is 46.9 Å². The predicted octanol–water partition coefficient (Wildman–Crippen LogP) is 0.940. The van der Waals surface area contributed by atoms with E-state index < -0.39 is 0 Å². The van der Waals surface area contributed by atoms with Crippen molar-refractivity contribution in [3.05, 3.63) is 17.5 Å². The van der Waals surface area contributed by atoms with Crippen LogP contribution in [0.4, 0.5) is 0 Å². The van der Waals surface area contributed by atoms with Crippen molar-refractivity contribution < 1.29 is 4.79 Å². The normalized spacial score (nSPS) is 25.7. The van der Waals surface area contributed by atoms with Crippen LogP contribution in [0.1, 0.15) is 31.0 Å². The highest BCUT2D eigenvalue weighted by molar-refractivity contribution is 5.79. The second-order valence-corrected chi connectivity index (χ2v) is 4.66. The monoisotopic (exact) mass is 207 g/mol. The lowest BCUT2D eigenvalue weighted by Crippen LogP contribution is -2.40. The number of hydrogen-bond donors (Lipinski definition) is 1. The van der Waals surface area contributed by atoms with Crippen molar-refractivity contribution in [2.75, 3.05) is 0 Å². The summed E-state index contributed by atoms with van der Waals surface area (Å²) in [7, 11) is 1.94. The van der Waals surface area contributed by atoms with Gasteiger partial charge in [0, 0.05) is 24.7 Å². The summed E-state index contributed by atoms with van der Waals surface area (Å²) < 4.78 is 1.87. The number of rotatable bonds is 2. The summed E-state index contributed by atoms with van der Waals surface area (Å²) in [5.74, 6) is 0.166. The Labute approximate surface area is 89.7 Å². The molecule has 2 rings (SSSR count). The predicted molar refractivity (Wildman–Crippen MR) is 57.4 cm³/mol. The third kappa shape index (κ3) is 1.89. The summed E-state index contributed by atoms with van der Waals surface area (Å²) in [6.07, 6.45) is 4.33. The lowest BCUT2D eigenvalue weighted by Gasteiger charge is -2.23. The maximum absolute atomic E-state index is 11.2. The van der Waals surface area contributed by atoms with Gasteiger partial charge in [0.1, 0.15) is 0 Å². The Morgan fingerprint density at radius 1 is 1.67 bits per heavy atom. The zero-order chi connectivity index (χ0) is 11.1. The summed E-state index contributed by atoms with van der Waals surface area (Å²) in [6, 6.07) is 0. The number of nitrogens with one attached hydrogen (secondary N) is 1. The minimum Gasteiger partial charge on any atom is -0.351 e. The molecule has 4 nitrogen and oxygen atoms in total. The fourth-order valence-electron chi connectivity index (χ4n) is 2.12. The largest absolute Gasteiger partial charge is 0.351 e. The van der Waals surface area contributed by atoms with E-state index in [0.717, 1.165) is 12.8 Å². The smallest absolute Gasteiger partial charge is 0.220 e. The first-order chi connectivity index (χ1) is 7.00. The van der Waals surface area contributed by atoms with E-state index in [-0.39, 0.29) is 11.4 Å². The van der Waals surface area contributed by atoms with Gasteiger partial charge in [-0.15, -0.1) is 0 Å². The van der Waals surface area contributed by atoms with Gasteiger partial charge in [0.05, 0.1) is 6.20 Å². The van der Waals surface area contributed by atoms with Crippen molar-refractivity contribution in [1.29, 1.82) is 0 Å². The van der Waals surface area contributed by atoms with Crippen LogP contribution in [0, 0.1) is 6.92 Å². The summed E-state index contributed by atoms with van der Waals surface area (Å²) in [5, 5.41) is 7.25. The molecule has 1 N–H and O–H groups in total. The second kappa shape index (κ2) is 3.36. The van der Waals surface area contributed by atoms with Crippen molar-refractivity contribution in [2.24, 2.45) is 7.05 Å². The summed E-state index contributed by atoms with van der Waals surface area (Å²) in [6.45, 7) is 4.16. The average molecular weight is 207 g/mol. The van der Waals surface area contributed by atoms with E-state index in [9.17, 15) is 4.79 Å². The first-order valence-electron chi connectivity index (χ1n) is 5.29. The van der Waals surface area contributed by atoms with Gasteiger partial charge in [-0.1, -0.05) is 0 Å². The molecule has 0 saturated carbocycles. The van der Waals surface area contributed by atoms with Crippen LogP contribution in [-0.2, 0) is 18.3 Å². The molecule has 0 bridgehead atoms. The van der Waals surface area contributed by atoms with Gasteiger partial charge in [-0.05, 0) is 32.3 Å². The van der Waals surface area contributed by atoms with Gasteiger partial charge in [-0.25, -0.2) is 0 Å². The Balaban J connectivity index is 2.15. The van der Waals surface area contributed by atoms with E-state index >= 15 is 0 Å². The zero-order valence-corrected chi connectivity index (χ0v) is 9.50. The number of carbonyl (C=O) groups is 1. The highest BCUT2D eigenvalue weighted by atomic mass is 16.2. The van der Waals surface area contributed by atoms with Gasteiger partial charge in [-0.2, -0.15) is 5.10 Å². The van der Waals surface area contributed by atoms with Crippen LogP contribution in [0.25, 0.3) is 0 Å². The Hall–Kier alpha value is -1.32. The molecule has 1 aromatic rings. The number of nitrogens with zero attached hydrogens (tertiary/aromatic N) is 2. The van der Waals surface area contributed by atoms with Gasteiger partial charge in [0.15, 0.2) is 0 Å². The van der Waals surface area contributed by atoms with Gasteiger partial charge in [-0.3, -0.25) is 9.48 Å². The summed E-state index contributed by atoms with van der Waals surface area (Å²) in [4.78, 5) is 11.2. The molecule has 1 unspecified atom stereocenters. The standard InChI is InChI=1S/C11H17N3O/c1-8-9(7-12-14(8)3)6-11(2)5-4-10(15)13-11/h7H,4-6H2,1-3H3,(H,13,15). The molecule has 1 saturated heterocycles. The van der Waals surface area contributed by atoms with Gasteiger partial charge >= 0.3 is 0 Å². The van der Waals surface area contributed by atoms with Crippen LogP contribution in [0.15, 0.2) is 6.20 Å². The third-order valence-corrected chi connectivity index (χ3v) is 3.26. The molecule has 1 aliphatic heterocycles. The Kier molecular flexibility index (Phi) is 2.29. The SMILES string of the molecule is Cc1c(CC2(C)CCC(=O)N2)cnn1C. The highest BCUT2D eigenvalue weighted by Crippen LogP contribution is 2.25. The van der Waals surface area contributed by atoms with E-state index in [1.165, 1.54) is 11.3 Å². The Morgan fingerprint density at radius 3 is 2.87 bits per heavy atom. The van der Waals surface area contributed by atoms with Crippen molar-refractivity contribution >= 4 is 5.91 Å². The van der Waals surface area contributed by atoms with Crippen molar-refractivity contribution in [1.82, 2.24) is 15.1 Å². The molecule has 1 aliphatic rings. The van der Waals surface area contributed by atoms with Crippen molar-refractivity contribution in [3.8, 4) is 0 Å². The van der Waals surface area contributed by atoms with Crippen LogP contribution in [0.3, 0.4) is 0 Å². The molecule has 0 aliphatic carbocycles. The molecular formula is C11H17N3O. The molecule has 15 heavy (non-hydrogen) atoms. The third-order valence-electron chi connectivity index (χ3n) is 3.26.